The van der Waals surface area contributed by atoms with Crippen molar-refractivity contribution in [1.82, 2.24) is 10.5 Å². The molecule has 0 aliphatic heterocycles. The van der Waals surface area contributed by atoms with E-state index in [1.807, 2.05) is 13.8 Å². The van der Waals surface area contributed by atoms with Crippen LogP contribution in [0.1, 0.15) is 32.9 Å². The van der Waals surface area contributed by atoms with Gasteiger partial charge < -0.3 is 19.3 Å². The summed E-state index contributed by atoms with van der Waals surface area (Å²) < 4.78 is 51.2. The first-order valence-electron chi connectivity index (χ1n) is 9.49. The quantitative estimate of drug-likeness (QED) is 0.554. The number of hydrogen-bond acceptors (Lipinski definition) is 5. The summed E-state index contributed by atoms with van der Waals surface area (Å²) in [5, 5.41) is 6.65. The van der Waals surface area contributed by atoms with Gasteiger partial charge in [-0.2, -0.15) is 0 Å². The van der Waals surface area contributed by atoms with Gasteiger partial charge in [-0.3, -0.25) is 4.79 Å². The molecule has 0 atom stereocenters. The van der Waals surface area contributed by atoms with E-state index in [9.17, 15) is 18.0 Å². The molecule has 0 spiro atoms. The summed E-state index contributed by atoms with van der Waals surface area (Å²) in [6.07, 6.45) is -4.25. The number of rotatable bonds is 8. The summed E-state index contributed by atoms with van der Waals surface area (Å²) in [5.41, 5.74) is 2.91. The van der Waals surface area contributed by atoms with Crippen LogP contribution >= 0.6 is 0 Å². The summed E-state index contributed by atoms with van der Waals surface area (Å²) in [4.78, 5) is 12.3. The van der Waals surface area contributed by atoms with Gasteiger partial charge in [0.2, 0.25) is 0 Å². The fourth-order valence-electron chi connectivity index (χ4n) is 2.85. The molecule has 0 bridgehead atoms. The van der Waals surface area contributed by atoms with Gasteiger partial charge in [-0.1, -0.05) is 17.3 Å². The van der Waals surface area contributed by atoms with Crippen molar-refractivity contribution in [3.63, 3.8) is 0 Å². The first kappa shape index (κ1) is 22.2. The highest BCUT2D eigenvalue weighted by molar-refractivity contribution is 5.94. The lowest BCUT2D eigenvalue weighted by molar-refractivity contribution is -0.274. The van der Waals surface area contributed by atoms with Gasteiger partial charge in [0.25, 0.3) is 5.91 Å². The van der Waals surface area contributed by atoms with Gasteiger partial charge in [0, 0.05) is 12.1 Å². The Morgan fingerprint density at radius 2 is 1.68 bits per heavy atom. The fourth-order valence-corrected chi connectivity index (χ4v) is 2.85. The number of benzene rings is 2. The maximum absolute atomic E-state index is 12.3. The predicted molar refractivity (Wildman–Crippen MR) is 106 cm³/mol. The second-order valence-corrected chi connectivity index (χ2v) is 6.81. The van der Waals surface area contributed by atoms with E-state index in [1.165, 1.54) is 24.3 Å². The first-order valence-corrected chi connectivity index (χ1v) is 9.49. The lowest BCUT2D eigenvalue weighted by Gasteiger charge is -2.10. The van der Waals surface area contributed by atoms with Gasteiger partial charge in [0.15, 0.2) is 0 Å². The number of aryl methyl sites for hydroxylation is 2. The lowest BCUT2D eigenvalue weighted by Crippen LogP contribution is -2.25. The smallest absolute Gasteiger partial charge is 0.489 e. The van der Waals surface area contributed by atoms with E-state index in [0.717, 1.165) is 16.8 Å². The molecule has 0 aliphatic rings. The van der Waals surface area contributed by atoms with Gasteiger partial charge in [-0.05, 0) is 62.2 Å². The normalized spacial score (nSPS) is 11.3. The van der Waals surface area contributed by atoms with E-state index < -0.39 is 6.36 Å². The number of halogens is 3. The number of carbonyl (C=O) groups excluding carboxylic acids is 1. The molecule has 0 aliphatic carbocycles. The molecule has 1 heterocycles. The molecule has 0 saturated heterocycles. The second-order valence-electron chi connectivity index (χ2n) is 6.81. The molecule has 1 amide bonds. The third kappa shape index (κ3) is 6.50. The molecule has 0 unspecified atom stereocenters. The third-order valence-electron chi connectivity index (χ3n) is 4.54. The van der Waals surface area contributed by atoms with Crippen molar-refractivity contribution < 1.29 is 32.0 Å². The number of alkyl halides is 3. The Morgan fingerprint density at radius 3 is 2.26 bits per heavy atom. The van der Waals surface area contributed by atoms with Crippen molar-refractivity contribution in [2.45, 2.75) is 33.2 Å². The van der Waals surface area contributed by atoms with Crippen molar-refractivity contribution in [1.29, 1.82) is 0 Å². The van der Waals surface area contributed by atoms with Crippen molar-refractivity contribution in [3.8, 4) is 11.5 Å². The molecule has 9 heteroatoms. The van der Waals surface area contributed by atoms with Gasteiger partial charge >= 0.3 is 6.36 Å². The van der Waals surface area contributed by atoms with Crippen LogP contribution in [0.5, 0.6) is 11.5 Å². The molecule has 2 aromatic carbocycles. The molecule has 6 nitrogen and oxygen atoms in total. The number of carbonyl (C=O) groups is 1. The second kappa shape index (κ2) is 9.55. The first-order chi connectivity index (χ1) is 14.7. The highest BCUT2D eigenvalue weighted by atomic mass is 19.4. The number of hydrogen-bond donors (Lipinski definition) is 1. The standard InChI is InChI=1S/C22H21F3N2O4/c1-14-20(15(2)31-27-14)13-29-18-9-5-17(6-10-18)21(28)26-12-11-16-3-7-19(8-4-16)30-22(23,24)25/h3-10H,11-13H2,1-2H3,(H,26,28). The summed E-state index contributed by atoms with van der Waals surface area (Å²) in [5.74, 6) is 0.778. The highest BCUT2D eigenvalue weighted by Crippen LogP contribution is 2.23. The number of nitrogens with one attached hydrogen (secondary N) is 1. The average Bonchev–Trinajstić information content (AvgIpc) is 3.04. The van der Waals surface area contributed by atoms with Crippen LogP contribution in [0.15, 0.2) is 53.1 Å². The van der Waals surface area contributed by atoms with Crippen LogP contribution < -0.4 is 14.8 Å². The zero-order chi connectivity index (χ0) is 22.4. The van der Waals surface area contributed by atoms with Gasteiger partial charge in [-0.15, -0.1) is 13.2 Å². The fraction of sp³-hybridized carbons (Fsp3) is 0.273. The highest BCUT2D eigenvalue weighted by Gasteiger charge is 2.30. The van der Waals surface area contributed by atoms with Crippen molar-refractivity contribution in [3.05, 3.63) is 76.7 Å². The van der Waals surface area contributed by atoms with Crippen LogP contribution in [-0.4, -0.2) is 24.0 Å². The van der Waals surface area contributed by atoms with Crippen LogP contribution in [0.2, 0.25) is 0 Å². The van der Waals surface area contributed by atoms with E-state index in [-0.39, 0.29) is 11.7 Å². The van der Waals surface area contributed by atoms with E-state index in [0.29, 0.717) is 36.6 Å². The Hall–Kier alpha value is -3.49. The maximum atomic E-state index is 12.3. The minimum atomic E-state index is -4.72. The summed E-state index contributed by atoms with van der Waals surface area (Å²) in [6, 6.07) is 12.2. The predicted octanol–water partition coefficient (Wildman–Crippen LogP) is 4.74. The Labute approximate surface area is 177 Å². The average molecular weight is 434 g/mol. The molecule has 3 aromatic rings. The van der Waals surface area contributed by atoms with Crippen LogP contribution in [0.3, 0.4) is 0 Å². The topological polar surface area (TPSA) is 73.6 Å². The third-order valence-corrected chi connectivity index (χ3v) is 4.54. The molecule has 3 rings (SSSR count). The summed E-state index contributed by atoms with van der Waals surface area (Å²) in [7, 11) is 0. The maximum Gasteiger partial charge on any atom is 0.573 e. The molecule has 0 fully saturated rings. The Morgan fingerprint density at radius 1 is 1.03 bits per heavy atom. The molecule has 1 N–H and O–H groups in total. The summed E-state index contributed by atoms with van der Waals surface area (Å²) >= 11 is 0. The number of nitrogens with zero attached hydrogens (tertiary/aromatic N) is 1. The van der Waals surface area contributed by atoms with Crippen molar-refractivity contribution in [2.24, 2.45) is 0 Å². The Kier molecular flexibility index (Phi) is 6.84. The van der Waals surface area contributed by atoms with Gasteiger partial charge in [-0.25, -0.2) is 0 Å². The van der Waals surface area contributed by atoms with Gasteiger partial charge in [0.05, 0.1) is 11.3 Å². The lowest BCUT2D eigenvalue weighted by atomic mass is 10.1. The molecule has 0 radical (unpaired) electrons. The largest absolute Gasteiger partial charge is 0.573 e. The molecular weight excluding hydrogens is 413 g/mol. The minimum absolute atomic E-state index is 0.255. The molecule has 0 saturated carbocycles. The minimum Gasteiger partial charge on any atom is -0.489 e. The Bertz CT molecular complexity index is 993. The number of ether oxygens (including phenoxy) is 2. The van der Waals surface area contributed by atoms with E-state index >= 15 is 0 Å². The van der Waals surface area contributed by atoms with Crippen molar-refractivity contribution >= 4 is 5.91 Å². The Balaban J connectivity index is 1.45. The van der Waals surface area contributed by atoms with E-state index in [2.05, 4.69) is 15.2 Å². The monoisotopic (exact) mass is 434 g/mol. The molecule has 1 aromatic heterocycles. The van der Waals surface area contributed by atoms with Crippen LogP contribution in [-0.2, 0) is 13.0 Å². The SMILES string of the molecule is Cc1noc(C)c1COc1ccc(C(=O)NCCc2ccc(OC(F)(F)F)cc2)cc1. The zero-order valence-corrected chi connectivity index (χ0v) is 17.0. The van der Waals surface area contributed by atoms with Crippen LogP contribution in [0, 0.1) is 13.8 Å². The molecular formula is C22H21F3N2O4. The van der Waals surface area contributed by atoms with Crippen LogP contribution in [0.25, 0.3) is 0 Å². The molecule has 31 heavy (non-hydrogen) atoms. The number of amides is 1. The summed E-state index contributed by atoms with van der Waals surface area (Å²) in [6.45, 7) is 4.31. The molecule has 164 valence electrons. The zero-order valence-electron chi connectivity index (χ0n) is 17.0. The van der Waals surface area contributed by atoms with Gasteiger partial charge in [0.1, 0.15) is 23.9 Å². The van der Waals surface area contributed by atoms with Crippen LogP contribution in [0.4, 0.5) is 13.2 Å². The van der Waals surface area contributed by atoms with Crippen molar-refractivity contribution in [2.75, 3.05) is 6.54 Å². The van der Waals surface area contributed by atoms with E-state index in [1.54, 1.807) is 24.3 Å². The van der Waals surface area contributed by atoms with E-state index in [4.69, 9.17) is 9.26 Å². The number of aromatic nitrogens is 1.